The van der Waals surface area contributed by atoms with Crippen molar-refractivity contribution in [1.82, 2.24) is 0 Å². The van der Waals surface area contributed by atoms with Crippen molar-refractivity contribution in [2.24, 2.45) is 0 Å². The zero-order valence-corrected chi connectivity index (χ0v) is 22.0. The summed E-state index contributed by atoms with van der Waals surface area (Å²) >= 11 is 7.51. The number of hydrogen-bond donors (Lipinski definition) is 1. The van der Waals surface area contributed by atoms with Crippen LogP contribution in [-0.2, 0) is 15.0 Å². The highest BCUT2D eigenvalue weighted by atomic mass is 35.5. The molecule has 1 saturated heterocycles. The van der Waals surface area contributed by atoms with E-state index in [2.05, 4.69) is 20.8 Å². The number of ketones is 1. The summed E-state index contributed by atoms with van der Waals surface area (Å²) in [6, 6.07) is 13.3. The Labute approximate surface area is 214 Å². The number of anilines is 1. The normalized spacial score (nSPS) is 17.8. The lowest BCUT2D eigenvalue weighted by Crippen LogP contribution is -2.29. The lowest BCUT2D eigenvalue weighted by Gasteiger charge is -2.26. The largest absolute Gasteiger partial charge is 0.507 e. The van der Waals surface area contributed by atoms with E-state index in [-0.39, 0.29) is 16.7 Å². The highest BCUT2D eigenvalue weighted by Gasteiger charge is 2.48. The maximum absolute atomic E-state index is 13.4. The Morgan fingerprint density at radius 1 is 1.11 bits per heavy atom. The molecule has 1 atom stereocenters. The number of aryl methyl sites for hydroxylation is 1. The van der Waals surface area contributed by atoms with E-state index in [4.69, 9.17) is 16.3 Å². The van der Waals surface area contributed by atoms with Crippen LogP contribution in [0.1, 0.15) is 55.3 Å². The van der Waals surface area contributed by atoms with Crippen LogP contribution in [-0.4, -0.2) is 23.4 Å². The number of halogens is 1. The van der Waals surface area contributed by atoms with Gasteiger partial charge in [-0.1, -0.05) is 32.4 Å². The predicted molar refractivity (Wildman–Crippen MR) is 142 cm³/mol. The molecule has 0 radical (unpaired) electrons. The zero-order chi connectivity index (χ0) is 25.5. The minimum atomic E-state index is -0.749. The van der Waals surface area contributed by atoms with E-state index in [9.17, 15) is 14.7 Å². The first kappa shape index (κ1) is 25.0. The summed E-state index contributed by atoms with van der Waals surface area (Å²) in [7, 11) is 0. The van der Waals surface area contributed by atoms with Gasteiger partial charge in [0.15, 0.2) is 0 Å². The SMILES string of the molecule is CCOc1ccc(/C(O)=C2/C(=O)C(=O)N(c3ccc(Cl)cc3)C2c2sccc2C)cc1C(C)(C)C. The van der Waals surface area contributed by atoms with Crippen molar-refractivity contribution in [2.45, 2.75) is 46.1 Å². The van der Waals surface area contributed by atoms with Crippen LogP contribution >= 0.6 is 22.9 Å². The van der Waals surface area contributed by atoms with Gasteiger partial charge < -0.3 is 9.84 Å². The number of hydrogen-bond acceptors (Lipinski definition) is 5. The number of aliphatic hydroxyl groups is 1. The van der Waals surface area contributed by atoms with Gasteiger partial charge in [0, 0.05) is 26.7 Å². The van der Waals surface area contributed by atoms with Crippen molar-refractivity contribution in [3.8, 4) is 5.75 Å². The number of carbonyl (C=O) groups excluding carboxylic acids is 2. The van der Waals surface area contributed by atoms with Crippen molar-refractivity contribution in [2.75, 3.05) is 11.5 Å². The first-order valence-corrected chi connectivity index (χ1v) is 12.7. The van der Waals surface area contributed by atoms with E-state index < -0.39 is 17.7 Å². The van der Waals surface area contributed by atoms with Crippen molar-refractivity contribution >= 4 is 46.1 Å². The van der Waals surface area contributed by atoms with Crippen LogP contribution in [0.2, 0.25) is 5.02 Å². The first-order valence-electron chi connectivity index (χ1n) is 11.4. The molecule has 0 bridgehead atoms. The quantitative estimate of drug-likeness (QED) is 0.228. The first-order chi connectivity index (χ1) is 16.5. The van der Waals surface area contributed by atoms with E-state index in [0.29, 0.717) is 22.9 Å². The van der Waals surface area contributed by atoms with Gasteiger partial charge in [-0.25, -0.2) is 0 Å². The minimum Gasteiger partial charge on any atom is -0.507 e. The fourth-order valence-corrected chi connectivity index (χ4v) is 5.46. The second-order valence-corrected chi connectivity index (χ2v) is 10.9. The van der Waals surface area contributed by atoms with E-state index in [1.54, 1.807) is 36.4 Å². The Balaban J connectivity index is 1.94. The molecule has 1 aliphatic rings. The Bertz CT molecular complexity index is 1320. The zero-order valence-electron chi connectivity index (χ0n) is 20.4. The third-order valence-corrected chi connectivity index (χ3v) is 7.38. The van der Waals surface area contributed by atoms with E-state index in [1.807, 2.05) is 31.4 Å². The molecule has 1 N–H and O–H groups in total. The van der Waals surface area contributed by atoms with Gasteiger partial charge in [-0.05, 0) is 78.7 Å². The number of aliphatic hydroxyl groups excluding tert-OH is 1. The van der Waals surface area contributed by atoms with Crippen LogP contribution in [0.15, 0.2) is 59.5 Å². The molecule has 5 nitrogen and oxygen atoms in total. The molecule has 2 heterocycles. The lowest BCUT2D eigenvalue weighted by atomic mass is 9.84. The fraction of sp³-hybridized carbons (Fsp3) is 0.286. The average Bonchev–Trinajstić information content (AvgIpc) is 3.34. The predicted octanol–water partition coefficient (Wildman–Crippen LogP) is 7.03. The van der Waals surface area contributed by atoms with Crippen LogP contribution in [0, 0.1) is 6.92 Å². The number of thiophene rings is 1. The van der Waals surface area contributed by atoms with Crippen LogP contribution < -0.4 is 9.64 Å². The highest BCUT2D eigenvalue weighted by molar-refractivity contribution is 7.10. The third-order valence-electron chi connectivity index (χ3n) is 6.06. The Hall–Kier alpha value is -3.09. The summed E-state index contributed by atoms with van der Waals surface area (Å²) in [5, 5.41) is 14.0. The van der Waals surface area contributed by atoms with Gasteiger partial charge in [0.05, 0.1) is 12.2 Å². The standard InChI is InChI=1S/C28H28ClNO4S/c1-6-34-21-12-7-17(15-20(21)28(3,4)5)24(31)22-23(26-16(2)13-14-35-26)30(27(33)25(22)32)19-10-8-18(29)9-11-19/h7-15,23,31H,6H2,1-5H3/b24-22-. The van der Waals surface area contributed by atoms with Gasteiger partial charge in [0.1, 0.15) is 17.6 Å². The number of rotatable bonds is 5. The van der Waals surface area contributed by atoms with E-state index >= 15 is 0 Å². The van der Waals surface area contributed by atoms with Gasteiger partial charge in [-0.15, -0.1) is 11.3 Å². The second-order valence-electron chi connectivity index (χ2n) is 9.51. The monoisotopic (exact) mass is 509 g/mol. The molecule has 7 heteroatoms. The second kappa shape index (κ2) is 9.51. The van der Waals surface area contributed by atoms with E-state index in [0.717, 1.165) is 21.8 Å². The molecule has 1 aliphatic heterocycles. The number of Topliss-reactive ketones (excluding diaryl/α,β-unsaturated/α-hetero) is 1. The molecule has 1 aromatic heterocycles. The highest BCUT2D eigenvalue weighted by Crippen LogP contribution is 2.45. The molecule has 1 unspecified atom stereocenters. The summed E-state index contributed by atoms with van der Waals surface area (Å²) in [6.45, 7) is 10.5. The van der Waals surface area contributed by atoms with Crippen LogP contribution in [0.3, 0.4) is 0 Å². The fourth-order valence-electron chi connectivity index (χ4n) is 4.31. The van der Waals surface area contributed by atoms with Crippen LogP contribution in [0.25, 0.3) is 5.76 Å². The molecular formula is C28H28ClNO4S. The summed E-state index contributed by atoms with van der Waals surface area (Å²) in [6.07, 6.45) is 0. The molecule has 1 amide bonds. The summed E-state index contributed by atoms with van der Waals surface area (Å²) in [5.41, 5.74) is 2.65. The average molecular weight is 510 g/mol. The molecule has 0 saturated carbocycles. The van der Waals surface area contributed by atoms with Crippen molar-refractivity contribution in [3.05, 3.63) is 86.1 Å². The molecule has 0 spiro atoms. The summed E-state index contributed by atoms with van der Waals surface area (Å²) < 4.78 is 5.81. The number of carbonyl (C=O) groups is 2. The molecular weight excluding hydrogens is 482 g/mol. The number of benzene rings is 2. The Kier molecular flexibility index (Phi) is 6.80. The van der Waals surface area contributed by atoms with Gasteiger partial charge >= 0.3 is 0 Å². The molecule has 4 rings (SSSR count). The van der Waals surface area contributed by atoms with Crippen molar-refractivity contribution in [3.63, 3.8) is 0 Å². The molecule has 3 aromatic rings. The third kappa shape index (κ3) is 4.60. The Morgan fingerprint density at radius 2 is 1.80 bits per heavy atom. The van der Waals surface area contributed by atoms with Crippen molar-refractivity contribution < 1.29 is 19.4 Å². The summed E-state index contributed by atoms with van der Waals surface area (Å²) in [4.78, 5) is 29.0. The topological polar surface area (TPSA) is 66.8 Å². The Morgan fingerprint density at radius 3 is 2.37 bits per heavy atom. The van der Waals surface area contributed by atoms with Gasteiger partial charge in [0.25, 0.3) is 11.7 Å². The molecule has 35 heavy (non-hydrogen) atoms. The maximum Gasteiger partial charge on any atom is 0.300 e. The lowest BCUT2D eigenvalue weighted by molar-refractivity contribution is -0.132. The van der Waals surface area contributed by atoms with Gasteiger partial charge in [0.2, 0.25) is 0 Å². The van der Waals surface area contributed by atoms with Gasteiger partial charge in [-0.2, -0.15) is 0 Å². The number of amides is 1. The number of ether oxygens (including phenoxy) is 1. The minimum absolute atomic E-state index is 0.0690. The smallest absolute Gasteiger partial charge is 0.300 e. The molecule has 2 aromatic carbocycles. The number of nitrogens with zero attached hydrogens (tertiary/aromatic N) is 1. The molecule has 182 valence electrons. The molecule has 0 aliphatic carbocycles. The van der Waals surface area contributed by atoms with Crippen LogP contribution in [0.5, 0.6) is 5.75 Å². The van der Waals surface area contributed by atoms with E-state index in [1.165, 1.54) is 16.2 Å². The molecule has 1 fully saturated rings. The van der Waals surface area contributed by atoms with Gasteiger partial charge in [-0.3, -0.25) is 14.5 Å². The van der Waals surface area contributed by atoms with Crippen LogP contribution in [0.4, 0.5) is 5.69 Å². The maximum atomic E-state index is 13.4. The van der Waals surface area contributed by atoms with Crippen molar-refractivity contribution in [1.29, 1.82) is 0 Å². The summed E-state index contributed by atoms with van der Waals surface area (Å²) in [5.74, 6) is -0.884.